The smallest absolute Gasteiger partial charge is 0.378 e. The van der Waals surface area contributed by atoms with E-state index < -0.39 is 29.7 Å². The van der Waals surface area contributed by atoms with Crippen molar-refractivity contribution < 1.29 is 27.5 Å². The molecule has 1 saturated heterocycles. The summed E-state index contributed by atoms with van der Waals surface area (Å²) in [7, 11) is 0. The van der Waals surface area contributed by atoms with Gasteiger partial charge in [0.05, 0.1) is 18.8 Å². The molecule has 2 rings (SSSR count). The molecule has 0 bridgehead atoms. The molecular formula is C20H28F3N3O3. The lowest BCUT2D eigenvalue weighted by Crippen LogP contribution is -2.52. The Hall–Kier alpha value is -2.13. The summed E-state index contributed by atoms with van der Waals surface area (Å²) in [5, 5.41) is 2.69. The summed E-state index contributed by atoms with van der Waals surface area (Å²) in [5.74, 6) is -0.730. The van der Waals surface area contributed by atoms with E-state index in [1.807, 2.05) is 13.8 Å². The maximum absolute atomic E-state index is 13.1. The third kappa shape index (κ3) is 5.93. The predicted octanol–water partition coefficient (Wildman–Crippen LogP) is 2.45. The van der Waals surface area contributed by atoms with Crippen LogP contribution in [0, 0.1) is 0 Å². The molecule has 1 aromatic rings. The van der Waals surface area contributed by atoms with Crippen LogP contribution in [0.15, 0.2) is 24.3 Å². The fourth-order valence-electron chi connectivity index (χ4n) is 3.41. The van der Waals surface area contributed by atoms with E-state index >= 15 is 0 Å². The first-order valence-corrected chi connectivity index (χ1v) is 9.77. The minimum Gasteiger partial charge on any atom is -0.378 e. The van der Waals surface area contributed by atoms with Crippen molar-refractivity contribution in [3.8, 4) is 0 Å². The molecule has 6 nitrogen and oxygen atoms in total. The molecule has 0 unspecified atom stereocenters. The molecule has 2 amide bonds. The number of benzene rings is 1. The molecule has 1 fully saturated rings. The minimum atomic E-state index is -4.50. The molecule has 0 aromatic heterocycles. The van der Waals surface area contributed by atoms with Crippen molar-refractivity contribution in [2.45, 2.75) is 39.0 Å². The third-order valence-corrected chi connectivity index (χ3v) is 5.01. The number of alkyl halides is 3. The van der Waals surface area contributed by atoms with Gasteiger partial charge in [0.2, 0.25) is 11.8 Å². The number of nitrogens with zero attached hydrogens (tertiary/aromatic N) is 2. The lowest BCUT2D eigenvalue weighted by Gasteiger charge is -2.32. The summed E-state index contributed by atoms with van der Waals surface area (Å²) in [6, 6.07) is 3.07. The highest BCUT2D eigenvalue weighted by Gasteiger charge is 2.34. The number of halogens is 3. The van der Waals surface area contributed by atoms with Crippen molar-refractivity contribution in [1.29, 1.82) is 0 Å². The monoisotopic (exact) mass is 415 g/mol. The van der Waals surface area contributed by atoms with Crippen LogP contribution < -0.4 is 5.32 Å². The summed E-state index contributed by atoms with van der Waals surface area (Å²) in [6.07, 6.45) is -4.50. The first kappa shape index (κ1) is 23.2. The van der Waals surface area contributed by atoms with Gasteiger partial charge in [0.15, 0.2) is 0 Å². The zero-order chi connectivity index (χ0) is 21.6. The second kappa shape index (κ2) is 10.1. The van der Waals surface area contributed by atoms with Gasteiger partial charge < -0.3 is 15.0 Å². The minimum absolute atomic E-state index is 0.232. The third-order valence-electron chi connectivity index (χ3n) is 5.01. The summed E-state index contributed by atoms with van der Waals surface area (Å²) < 4.78 is 44.7. The highest BCUT2D eigenvalue weighted by molar-refractivity contribution is 5.90. The molecule has 1 N–H and O–H groups in total. The maximum Gasteiger partial charge on any atom is 0.416 e. The Morgan fingerprint density at radius 2 is 1.83 bits per heavy atom. The number of hydrogen-bond acceptors (Lipinski definition) is 4. The van der Waals surface area contributed by atoms with Crippen LogP contribution in [0.4, 0.5) is 13.2 Å². The molecule has 1 aromatic carbocycles. The maximum atomic E-state index is 13.1. The number of morpholine rings is 1. The van der Waals surface area contributed by atoms with Crippen molar-refractivity contribution >= 4 is 11.8 Å². The molecule has 1 aliphatic rings. The van der Waals surface area contributed by atoms with Gasteiger partial charge in [0.25, 0.3) is 0 Å². The van der Waals surface area contributed by atoms with Crippen LogP contribution in [0.3, 0.4) is 0 Å². The largest absolute Gasteiger partial charge is 0.416 e. The molecule has 1 aliphatic heterocycles. The van der Waals surface area contributed by atoms with Gasteiger partial charge in [-0.25, -0.2) is 0 Å². The zero-order valence-electron chi connectivity index (χ0n) is 17.0. The van der Waals surface area contributed by atoms with Crippen molar-refractivity contribution in [2.75, 3.05) is 39.4 Å². The van der Waals surface area contributed by atoms with Crippen molar-refractivity contribution in [1.82, 2.24) is 15.1 Å². The molecule has 162 valence electrons. The number of rotatable bonds is 7. The average molecular weight is 415 g/mol. The quantitative estimate of drug-likeness (QED) is 0.743. The topological polar surface area (TPSA) is 61.9 Å². The van der Waals surface area contributed by atoms with Gasteiger partial charge in [-0.2, -0.15) is 13.2 Å². The molecule has 2 atom stereocenters. The van der Waals surface area contributed by atoms with E-state index in [-0.39, 0.29) is 11.5 Å². The van der Waals surface area contributed by atoms with E-state index in [9.17, 15) is 22.8 Å². The van der Waals surface area contributed by atoms with Crippen molar-refractivity contribution in [2.24, 2.45) is 0 Å². The standard InChI is InChI=1S/C20H28F3N3O3/c1-4-25(5-2)17(15-7-6-8-16(13-15)20(21,22)23)18(27)24-14(3)19(28)26-9-11-29-12-10-26/h6-8,13-14,17H,4-5,9-12H2,1-3H3,(H,24,27)/t14-,17-/m0/s1. The summed E-state index contributed by atoms with van der Waals surface area (Å²) in [6.45, 7) is 7.98. The number of carbonyl (C=O) groups is 2. The molecule has 0 aliphatic carbocycles. The SMILES string of the molecule is CCN(CC)[C@H](C(=O)N[C@@H](C)C(=O)N1CCOCC1)c1cccc(C(F)(F)F)c1. The number of amides is 2. The van der Waals surface area contributed by atoms with Gasteiger partial charge in [-0.05, 0) is 37.7 Å². The molecule has 0 saturated carbocycles. The van der Waals surface area contributed by atoms with Crippen LogP contribution >= 0.6 is 0 Å². The number of likely N-dealkylation sites (N-methyl/N-ethyl adjacent to an activating group) is 1. The summed E-state index contributed by atoms with van der Waals surface area (Å²) in [4.78, 5) is 29.0. The fraction of sp³-hybridized carbons (Fsp3) is 0.600. The van der Waals surface area contributed by atoms with E-state index in [1.165, 1.54) is 12.1 Å². The predicted molar refractivity (Wildman–Crippen MR) is 102 cm³/mol. The Kier molecular flexibility index (Phi) is 8.04. The Balaban J connectivity index is 2.23. The highest BCUT2D eigenvalue weighted by atomic mass is 19.4. The number of carbonyl (C=O) groups excluding carboxylic acids is 2. The second-order valence-corrected chi connectivity index (χ2v) is 6.91. The Bertz CT molecular complexity index is 702. The number of nitrogens with one attached hydrogen (secondary N) is 1. The van der Waals surface area contributed by atoms with E-state index in [4.69, 9.17) is 4.74 Å². The van der Waals surface area contributed by atoms with Gasteiger partial charge in [-0.1, -0.05) is 26.0 Å². The first-order chi connectivity index (χ1) is 13.7. The Morgan fingerprint density at radius 3 is 2.38 bits per heavy atom. The normalized spacial score (nSPS) is 17.1. The molecular weight excluding hydrogens is 387 g/mol. The van der Waals surface area contributed by atoms with E-state index in [2.05, 4.69) is 5.32 Å². The van der Waals surface area contributed by atoms with Crippen LogP contribution in [-0.4, -0.2) is 67.0 Å². The van der Waals surface area contributed by atoms with Crippen molar-refractivity contribution in [3.05, 3.63) is 35.4 Å². The molecule has 9 heteroatoms. The van der Waals surface area contributed by atoms with E-state index in [0.717, 1.165) is 12.1 Å². The van der Waals surface area contributed by atoms with Crippen LogP contribution in [0.1, 0.15) is 37.9 Å². The second-order valence-electron chi connectivity index (χ2n) is 6.91. The van der Waals surface area contributed by atoms with Crippen molar-refractivity contribution in [3.63, 3.8) is 0 Å². The molecule has 1 heterocycles. The van der Waals surface area contributed by atoms with Gasteiger partial charge >= 0.3 is 6.18 Å². The van der Waals surface area contributed by atoms with Crippen LogP contribution in [0.5, 0.6) is 0 Å². The first-order valence-electron chi connectivity index (χ1n) is 9.77. The highest BCUT2D eigenvalue weighted by Crippen LogP contribution is 2.32. The van der Waals surface area contributed by atoms with Crippen LogP contribution in [-0.2, 0) is 20.5 Å². The van der Waals surface area contributed by atoms with Gasteiger partial charge in [-0.3, -0.25) is 14.5 Å². The summed E-state index contributed by atoms with van der Waals surface area (Å²) >= 11 is 0. The van der Waals surface area contributed by atoms with E-state index in [1.54, 1.807) is 16.7 Å². The fourth-order valence-corrected chi connectivity index (χ4v) is 3.41. The lowest BCUT2D eigenvalue weighted by molar-refractivity contribution is -0.140. The Morgan fingerprint density at radius 1 is 1.21 bits per heavy atom. The number of ether oxygens (including phenoxy) is 1. The van der Waals surface area contributed by atoms with Gasteiger partial charge in [0, 0.05) is 13.1 Å². The van der Waals surface area contributed by atoms with Gasteiger partial charge in [-0.15, -0.1) is 0 Å². The molecule has 0 radical (unpaired) electrons. The lowest BCUT2D eigenvalue weighted by atomic mass is 10.0. The zero-order valence-corrected chi connectivity index (χ0v) is 17.0. The number of hydrogen-bond donors (Lipinski definition) is 1. The molecule has 0 spiro atoms. The summed E-state index contributed by atoms with van der Waals surface area (Å²) in [5.41, 5.74) is -0.565. The average Bonchev–Trinajstić information content (AvgIpc) is 2.71. The van der Waals surface area contributed by atoms with E-state index in [0.29, 0.717) is 39.4 Å². The Labute approximate surface area is 169 Å². The molecule has 29 heavy (non-hydrogen) atoms. The van der Waals surface area contributed by atoms with Gasteiger partial charge in [0.1, 0.15) is 12.1 Å². The van der Waals surface area contributed by atoms with Crippen LogP contribution in [0.25, 0.3) is 0 Å². The van der Waals surface area contributed by atoms with Crippen LogP contribution in [0.2, 0.25) is 0 Å².